The Morgan fingerprint density at radius 1 is 1.04 bits per heavy atom. The van der Waals surface area contributed by atoms with E-state index < -0.39 is 5.97 Å². The maximum Gasteiger partial charge on any atom is 0.331 e. The summed E-state index contributed by atoms with van der Waals surface area (Å²) in [6.07, 6.45) is 2.91. The zero-order valence-corrected chi connectivity index (χ0v) is 17.0. The van der Waals surface area contributed by atoms with Crippen molar-refractivity contribution in [2.24, 2.45) is 0 Å². The number of hydrogen-bond acceptors (Lipinski definition) is 6. The Hall–Kier alpha value is -2.86. The van der Waals surface area contributed by atoms with E-state index in [4.69, 9.17) is 35.3 Å². The van der Waals surface area contributed by atoms with Crippen LogP contribution in [0.2, 0.25) is 5.02 Å². The Balaban J connectivity index is 2.07. The van der Waals surface area contributed by atoms with Gasteiger partial charge in [-0.05, 0) is 48.9 Å². The van der Waals surface area contributed by atoms with Crippen LogP contribution in [0.25, 0.3) is 6.08 Å². The van der Waals surface area contributed by atoms with Crippen molar-refractivity contribution in [3.8, 4) is 23.0 Å². The standard InChI is InChI=1S/C21H23ClO6/c1-5-27-21-17(22)10-14(11-19(21)26-4)6-9-20(23)28-13-15-12-16(24-2)7-8-18(15)25-3/h6-12H,5,13H2,1-4H3/b9-6+. The minimum absolute atomic E-state index is 0.0525. The predicted octanol–water partition coefficient (Wildman–Crippen LogP) is 4.52. The molecule has 0 spiro atoms. The van der Waals surface area contributed by atoms with Crippen LogP contribution < -0.4 is 18.9 Å². The highest BCUT2D eigenvalue weighted by molar-refractivity contribution is 6.32. The molecule has 0 N–H and O–H groups in total. The highest BCUT2D eigenvalue weighted by Crippen LogP contribution is 2.36. The molecule has 7 heteroatoms. The van der Waals surface area contributed by atoms with Gasteiger partial charge in [0, 0.05) is 11.6 Å². The van der Waals surface area contributed by atoms with Gasteiger partial charge in [0.1, 0.15) is 18.1 Å². The number of ether oxygens (including phenoxy) is 5. The molecule has 0 radical (unpaired) electrons. The lowest BCUT2D eigenvalue weighted by Gasteiger charge is -2.12. The van der Waals surface area contributed by atoms with Crippen LogP contribution in [0.1, 0.15) is 18.1 Å². The van der Waals surface area contributed by atoms with Gasteiger partial charge in [-0.3, -0.25) is 0 Å². The molecule has 0 saturated carbocycles. The van der Waals surface area contributed by atoms with Gasteiger partial charge < -0.3 is 23.7 Å². The van der Waals surface area contributed by atoms with E-state index in [0.29, 0.717) is 45.8 Å². The first-order valence-corrected chi connectivity index (χ1v) is 8.96. The molecule has 2 aromatic rings. The molecule has 0 saturated heterocycles. The summed E-state index contributed by atoms with van der Waals surface area (Å²) in [6, 6.07) is 8.70. The fraction of sp³-hybridized carbons (Fsp3) is 0.286. The van der Waals surface area contributed by atoms with E-state index in [1.807, 2.05) is 6.92 Å². The van der Waals surface area contributed by atoms with Gasteiger partial charge in [-0.25, -0.2) is 4.79 Å². The molecular formula is C21H23ClO6. The maximum atomic E-state index is 12.1. The smallest absolute Gasteiger partial charge is 0.331 e. The summed E-state index contributed by atoms with van der Waals surface area (Å²) >= 11 is 6.23. The Bertz CT molecular complexity index is 847. The lowest BCUT2D eigenvalue weighted by atomic mass is 10.2. The minimum atomic E-state index is -0.506. The summed E-state index contributed by atoms with van der Waals surface area (Å²) in [6.45, 7) is 2.37. The molecule has 2 rings (SSSR count). The van der Waals surface area contributed by atoms with Crippen molar-refractivity contribution in [3.05, 3.63) is 52.6 Å². The summed E-state index contributed by atoms with van der Waals surface area (Å²) in [7, 11) is 4.64. The molecule has 150 valence electrons. The van der Waals surface area contributed by atoms with Crippen LogP contribution in [0.4, 0.5) is 0 Å². The first-order valence-electron chi connectivity index (χ1n) is 8.58. The SMILES string of the molecule is CCOc1c(Cl)cc(/C=C/C(=O)OCc2cc(OC)ccc2OC)cc1OC. The molecule has 0 fully saturated rings. The van der Waals surface area contributed by atoms with Gasteiger partial charge >= 0.3 is 5.97 Å². The highest BCUT2D eigenvalue weighted by atomic mass is 35.5. The van der Waals surface area contributed by atoms with E-state index in [-0.39, 0.29) is 6.61 Å². The lowest BCUT2D eigenvalue weighted by molar-refractivity contribution is -0.138. The Morgan fingerprint density at radius 3 is 2.43 bits per heavy atom. The summed E-state index contributed by atoms with van der Waals surface area (Å²) < 4.78 is 26.5. The molecule has 0 amide bonds. The molecule has 0 unspecified atom stereocenters. The van der Waals surface area contributed by atoms with E-state index in [9.17, 15) is 4.79 Å². The third-order valence-electron chi connectivity index (χ3n) is 3.81. The molecule has 6 nitrogen and oxygen atoms in total. The molecule has 0 bridgehead atoms. The van der Waals surface area contributed by atoms with Crippen molar-refractivity contribution in [3.63, 3.8) is 0 Å². The number of carbonyl (C=O) groups is 1. The minimum Gasteiger partial charge on any atom is -0.497 e. The molecule has 28 heavy (non-hydrogen) atoms. The van der Waals surface area contributed by atoms with E-state index in [1.54, 1.807) is 50.6 Å². The summed E-state index contributed by atoms with van der Waals surface area (Å²) in [5.41, 5.74) is 1.38. The van der Waals surface area contributed by atoms with Gasteiger partial charge in [0.25, 0.3) is 0 Å². The van der Waals surface area contributed by atoms with Crippen molar-refractivity contribution in [2.45, 2.75) is 13.5 Å². The fourth-order valence-corrected chi connectivity index (χ4v) is 2.75. The molecule has 0 atom stereocenters. The van der Waals surface area contributed by atoms with Crippen molar-refractivity contribution in [1.29, 1.82) is 0 Å². The van der Waals surface area contributed by atoms with Crippen LogP contribution in [0.3, 0.4) is 0 Å². The molecule has 0 aliphatic carbocycles. The topological polar surface area (TPSA) is 63.2 Å². The van der Waals surface area contributed by atoms with Crippen LogP contribution in [-0.4, -0.2) is 33.9 Å². The highest BCUT2D eigenvalue weighted by Gasteiger charge is 2.11. The van der Waals surface area contributed by atoms with Gasteiger partial charge in [-0.2, -0.15) is 0 Å². The number of rotatable bonds is 9. The summed E-state index contributed by atoms with van der Waals surface area (Å²) in [5.74, 6) is 1.72. The van der Waals surface area contributed by atoms with Crippen molar-refractivity contribution >= 4 is 23.6 Å². The molecule has 2 aromatic carbocycles. The zero-order chi connectivity index (χ0) is 20.5. The largest absolute Gasteiger partial charge is 0.497 e. The Kier molecular flexibility index (Phi) is 8.02. The monoisotopic (exact) mass is 406 g/mol. The number of carbonyl (C=O) groups excluding carboxylic acids is 1. The molecule has 0 aromatic heterocycles. The van der Waals surface area contributed by atoms with Gasteiger partial charge in [-0.15, -0.1) is 0 Å². The van der Waals surface area contributed by atoms with Crippen molar-refractivity contribution in [1.82, 2.24) is 0 Å². The number of hydrogen-bond donors (Lipinski definition) is 0. The zero-order valence-electron chi connectivity index (χ0n) is 16.3. The van der Waals surface area contributed by atoms with Crippen molar-refractivity contribution < 1.29 is 28.5 Å². The van der Waals surface area contributed by atoms with Gasteiger partial charge in [0.2, 0.25) is 0 Å². The van der Waals surface area contributed by atoms with Crippen molar-refractivity contribution in [2.75, 3.05) is 27.9 Å². The predicted molar refractivity (Wildman–Crippen MR) is 108 cm³/mol. The van der Waals surface area contributed by atoms with Crippen LogP contribution in [0.5, 0.6) is 23.0 Å². The van der Waals surface area contributed by atoms with Crippen LogP contribution >= 0.6 is 11.6 Å². The third-order valence-corrected chi connectivity index (χ3v) is 4.09. The number of halogens is 1. The first kappa shape index (κ1) is 21.4. The first-order chi connectivity index (χ1) is 13.5. The van der Waals surface area contributed by atoms with E-state index in [1.165, 1.54) is 13.2 Å². The molecule has 0 aliphatic rings. The number of benzene rings is 2. The van der Waals surface area contributed by atoms with Crippen LogP contribution in [-0.2, 0) is 16.1 Å². The lowest BCUT2D eigenvalue weighted by Crippen LogP contribution is -2.03. The summed E-state index contributed by atoms with van der Waals surface area (Å²) in [4.78, 5) is 12.1. The second kappa shape index (κ2) is 10.5. The van der Waals surface area contributed by atoms with Gasteiger partial charge in [-0.1, -0.05) is 11.6 Å². The average molecular weight is 407 g/mol. The normalized spacial score (nSPS) is 10.6. The number of methoxy groups -OCH3 is 3. The van der Waals surface area contributed by atoms with E-state index >= 15 is 0 Å². The second-order valence-electron chi connectivity index (χ2n) is 5.59. The maximum absolute atomic E-state index is 12.1. The molecule has 0 heterocycles. The third kappa shape index (κ3) is 5.57. The Morgan fingerprint density at radius 2 is 1.79 bits per heavy atom. The van der Waals surface area contributed by atoms with E-state index in [0.717, 1.165) is 0 Å². The van der Waals surface area contributed by atoms with Gasteiger partial charge in [0.15, 0.2) is 11.5 Å². The summed E-state index contributed by atoms with van der Waals surface area (Å²) in [5, 5.41) is 0.398. The van der Waals surface area contributed by atoms with Crippen LogP contribution in [0, 0.1) is 0 Å². The molecule has 0 aliphatic heterocycles. The second-order valence-corrected chi connectivity index (χ2v) is 5.99. The van der Waals surface area contributed by atoms with Gasteiger partial charge in [0.05, 0.1) is 33.0 Å². The quantitative estimate of drug-likeness (QED) is 0.450. The number of esters is 1. The fourth-order valence-electron chi connectivity index (χ4n) is 2.48. The molecular weight excluding hydrogens is 384 g/mol. The Labute approximate surface area is 169 Å². The average Bonchev–Trinajstić information content (AvgIpc) is 2.71. The van der Waals surface area contributed by atoms with E-state index in [2.05, 4.69) is 0 Å². The van der Waals surface area contributed by atoms with Crippen LogP contribution in [0.15, 0.2) is 36.4 Å².